The van der Waals surface area contributed by atoms with Gasteiger partial charge in [0.05, 0.1) is 24.9 Å². The zero-order valence-electron chi connectivity index (χ0n) is 15.4. The lowest BCUT2D eigenvalue weighted by molar-refractivity contribution is -0.141. The Morgan fingerprint density at radius 3 is 2.44 bits per heavy atom. The number of amides is 2. The molecule has 1 aromatic rings. The van der Waals surface area contributed by atoms with E-state index in [4.69, 9.17) is 4.74 Å². The molecule has 6 nitrogen and oxygen atoms in total. The molecule has 0 spiro atoms. The van der Waals surface area contributed by atoms with Crippen molar-refractivity contribution in [2.75, 3.05) is 44.7 Å². The lowest BCUT2D eigenvalue weighted by atomic mass is 9.94. The Labute approximate surface area is 157 Å². The van der Waals surface area contributed by atoms with Crippen molar-refractivity contribution in [3.63, 3.8) is 0 Å². The molecule has 2 aliphatic heterocycles. The van der Waals surface area contributed by atoms with Crippen molar-refractivity contribution in [3.05, 3.63) is 29.8 Å². The average Bonchev–Trinajstić information content (AvgIpc) is 2.69. The largest absolute Gasteiger partial charge is 0.378 e. The van der Waals surface area contributed by atoms with E-state index in [0.717, 1.165) is 12.1 Å². The first-order valence-corrected chi connectivity index (χ1v) is 9.32. The number of piperidine rings is 1. The number of halogens is 2. The zero-order valence-corrected chi connectivity index (χ0v) is 15.4. The van der Waals surface area contributed by atoms with Gasteiger partial charge in [0.15, 0.2) is 0 Å². The number of likely N-dealkylation sites (tertiary alicyclic amines) is 1. The predicted molar refractivity (Wildman–Crippen MR) is 96.1 cm³/mol. The van der Waals surface area contributed by atoms with Gasteiger partial charge in [-0.2, -0.15) is 0 Å². The Hall–Kier alpha value is -2.06. The first kappa shape index (κ1) is 19.7. The molecular formula is C19H25F2N3O3. The van der Waals surface area contributed by atoms with Crippen molar-refractivity contribution >= 4 is 17.5 Å². The molecule has 0 aliphatic carbocycles. The minimum Gasteiger partial charge on any atom is -0.378 e. The molecule has 8 heteroatoms. The fourth-order valence-corrected chi connectivity index (χ4v) is 3.57. The molecular weight excluding hydrogens is 356 g/mol. The molecule has 2 fully saturated rings. The van der Waals surface area contributed by atoms with Crippen molar-refractivity contribution < 1.29 is 23.1 Å². The topological polar surface area (TPSA) is 61.9 Å². The summed E-state index contributed by atoms with van der Waals surface area (Å²) in [5.41, 5.74) is -0.0365. The molecule has 1 atom stereocenters. The van der Waals surface area contributed by atoms with Crippen LogP contribution in [-0.4, -0.2) is 67.0 Å². The maximum atomic E-state index is 13.7. The van der Waals surface area contributed by atoms with Gasteiger partial charge in [-0.05, 0) is 45.0 Å². The van der Waals surface area contributed by atoms with Crippen LogP contribution in [0.5, 0.6) is 0 Å². The van der Waals surface area contributed by atoms with Gasteiger partial charge in [-0.1, -0.05) is 0 Å². The van der Waals surface area contributed by atoms with Gasteiger partial charge in [-0.25, -0.2) is 8.78 Å². The van der Waals surface area contributed by atoms with Crippen LogP contribution in [-0.2, 0) is 14.3 Å². The quantitative estimate of drug-likeness (QED) is 0.865. The summed E-state index contributed by atoms with van der Waals surface area (Å²) in [5.74, 6) is -1.69. The van der Waals surface area contributed by atoms with E-state index < -0.39 is 17.7 Å². The van der Waals surface area contributed by atoms with Gasteiger partial charge in [0, 0.05) is 25.1 Å². The fourth-order valence-electron chi connectivity index (χ4n) is 3.57. The lowest BCUT2D eigenvalue weighted by Gasteiger charge is -2.37. The smallest absolute Gasteiger partial charge is 0.241 e. The number of carbonyl (C=O) groups is 2. The van der Waals surface area contributed by atoms with Crippen LogP contribution in [0.1, 0.15) is 19.8 Å². The summed E-state index contributed by atoms with van der Waals surface area (Å²) in [7, 11) is 0. The van der Waals surface area contributed by atoms with Crippen LogP contribution < -0.4 is 5.32 Å². The van der Waals surface area contributed by atoms with Crippen molar-refractivity contribution in [3.8, 4) is 0 Å². The second-order valence-electron chi connectivity index (χ2n) is 7.04. The van der Waals surface area contributed by atoms with Gasteiger partial charge in [0.1, 0.15) is 11.6 Å². The van der Waals surface area contributed by atoms with Crippen molar-refractivity contribution in [1.29, 1.82) is 0 Å². The first-order valence-electron chi connectivity index (χ1n) is 9.32. The molecule has 148 valence electrons. The van der Waals surface area contributed by atoms with Crippen LogP contribution in [0.2, 0.25) is 0 Å². The summed E-state index contributed by atoms with van der Waals surface area (Å²) in [6.45, 7) is 5.45. The molecule has 0 saturated carbocycles. The van der Waals surface area contributed by atoms with Crippen LogP contribution >= 0.6 is 0 Å². The van der Waals surface area contributed by atoms with E-state index in [2.05, 4.69) is 5.32 Å². The number of benzene rings is 1. The summed E-state index contributed by atoms with van der Waals surface area (Å²) in [6.07, 6.45) is 1.39. The number of anilines is 1. The maximum absolute atomic E-state index is 13.7. The predicted octanol–water partition coefficient (Wildman–Crippen LogP) is 1.86. The highest BCUT2D eigenvalue weighted by molar-refractivity contribution is 5.94. The van der Waals surface area contributed by atoms with E-state index in [1.54, 1.807) is 6.92 Å². The van der Waals surface area contributed by atoms with Gasteiger partial charge in [0.2, 0.25) is 11.8 Å². The highest BCUT2D eigenvalue weighted by atomic mass is 19.1. The van der Waals surface area contributed by atoms with Gasteiger partial charge in [-0.3, -0.25) is 14.5 Å². The third kappa shape index (κ3) is 4.81. The van der Waals surface area contributed by atoms with E-state index in [-0.39, 0.29) is 23.4 Å². The van der Waals surface area contributed by atoms with Crippen molar-refractivity contribution in [1.82, 2.24) is 9.80 Å². The van der Waals surface area contributed by atoms with Crippen LogP contribution in [0, 0.1) is 17.6 Å². The Balaban J connectivity index is 1.50. The number of nitrogens with zero attached hydrogens (tertiary/aromatic N) is 2. The molecule has 0 bridgehead atoms. The number of hydrogen-bond donors (Lipinski definition) is 1. The molecule has 0 radical (unpaired) electrons. The third-order valence-electron chi connectivity index (χ3n) is 5.32. The second kappa shape index (κ2) is 8.75. The molecule has 0 aromatic heterocycles. The Bertz CT molecular complexity index is 687. The zero-order chi connectivity index (χ0) is 19.4. The summed E-state index contributed by atoms with van der Waals surface area (Å²) in [6, 6.07) is 2.59. The van der Waals surface area contributed by atoms with Gasteiger partial charge >= 0.3 is 0 Å². The van der Waals surface area contributed by atoms with Crippen molar-refractivity contribution in [2.45, 2.75) is 25.8 Å². The standard InChI is InChI=1S/C19H25F2N3O3/c1-13(18(25)22-17-3-2-15(20)12-16(17)21)23-6-4-14(5-7-23)19(26)24-8-10-27-11-9-24/h2-3,12-14H,4-11H2,1H3,(H,22,25). The summed E-state index contributed by atoms with van der Waals surface area (Å²) >= 11 is 0. The molecule has 3 rings (SSSR count). The molecule has 2 aliphatic rings. The van der Waals surface area contributed by atoms with E-state index in [1.807, 2.05) is 9.80 Å². The Morgan fingerprint density at radius 1 is 1.15 bits per heavy atom. The molecule has 2 amide bonds. The maximum Gasteiger partial charge on any atom is 0.241 e. The number of ether oxygens (including phenoxy) is 1. The Kier molecular flexibility index (Phi) is 6.38. The summed E-state index contributed by atoms with van der Waals surface area (Å²) < 4.78 is 32.0. The Morgan fingerprint density at radius 2 is 1.81 bits per heavy atom. The molecule has 2 heterocycles. The normalized spacial score (nSPS) is 20.3. The SMILES string of the molecule is CC(C(=O)Nc1ccc(F)cc1F)N1CCC(C(=O)N2CCOCC2)CC1. The number of rotatable bonds is 4. The van der Waals surface area contributed by atoms with E-state index >= 15 is 0 Å². The van der Waals surface area contributed by atoms with Crippen LogP contribution in [0.15, 0.2) is 18.2 Å². The highest BCUT2D eigenvalue weighted by Gasteiger charge is 2.32. The highest BCUT2D eigenvalue weighted by Crippen LogP contribution is 2.23. The summed E-state index contributed by atoms with van der Waals surface area (Å²) in [4.78, 5) is 28.8. The molecule has 1 unspecified atom stereocenters. The second-order valence-corrected chi connectivity index (χ2v) is 7.04. The molecule has 1 aromatic carbocycles. The van der Waals surface area contributed by atoms with E-state index in [0.29, 0.717) is 52.2 Å². The number of nitrogens with one attached hydrogen (secondary N) is 1. The molecule has 1 N–H and O–H groups in total. The number of carbonyl (C=O) groups excluding carboxylic acids is 2. The third-order valence-corrected chi connectivity index (χ3v) is 5.32. The van der Waals surface area contributed by atoms with Gasteiger partial charge in [0.25, 0.3) is 0 Å². The van der Waals surface area contributed by atoms with Gasteiger partial charge < -0.3 is 15.0 Å². The van der Waals surface area contributed by atoms with Crippen LogP contribution in [0.4, 0.5) is 14.5 Å². The van der Waals surface area contributed by atoms with Crippen molar-refractivity contribution in [2.24, 2.45) is 5.92 Å². The summed E-state index contributed by atoms with van der Waals surface area (Å²) in [5, 5.41) is 2.51. The van der Waals surface area contributed by atoms with Crippen LogP contribution in [0.3, 0.4) is 0 Å². The van der Waals surface area contributed by atoms with E-state index in [9.17, 15) is 18.4 Å². The molecule has 27 heavy (non-hydrogen) atoms. The van der Waals surface area contributed by atoms with E-state index in [1.165, 1.54) is 6.07 Å². The fraction of sp³-hybridized carbons (Fsp3) is 0.579. The minimum atomic E-state index is -0.801. The van der Waals surface area contributed by atoms with Crippen LogP contribution in [0.25, 0.3) is 0 Å². The first-order chi connectivity index (χ1) is 13.0. The number of morpholine rings is 1. The lowest BCUT2D eigenvalue weighted by Crippen LogP contribution is -2.50. The average molecular weight is 381 g/mol. The molecule has 2 saturated heterocycles. The minimum absolute atomic E-state index is 0.0239. The van der Waals surface area contributed by atoms with Gasteiger partial charge in [-0.15, -0.1) is 0 Å². The number of hydrogen-bond acceptors (Lipinski definition) is 4. The monoisotopic (exact) mass is 381 g/mol.